The predicted octanol–water partition coefficient (Wildman–Crippen LogP) is 3.80. The lowest BCUT2D eigenvalue weighted by Crippen LogP contribution is -2.15. The summed E-state index contributed by atoms with van der Waals surface area (Å²) in [6.45, 7) is 2.36. The van der Waals surface area contributed by atoms with Crippen LogP contribution in [0.5, 0.6) is 5.75 Å². The summed E-state index contributed by atoms with van der Waals surface area (Å²) in [6.07, 6.45) is -0.671. The Balaban J connectivity index is 2.15. The van der Waals surface area contributed by atoms with E-state index in [2.05, 4.69) is 0 Å². The van der Waals surface area contributed by atoms with Gasteiger partial charge in [0.05, 0.1) is 17.0 Å². The van der Waals surface area contributed by atoms with Gasteiger partial charge in [-0.3, -0.25) is 0 Å². The summed E-state index contributed by atoms with van der Waals surface area (Å²) in [6, 6.07) is 9.17. The summed E-state index contributed by atoms with van der Waals surface area (Å²) in [5.74, 6) is 0.114. The van der Waals surface area contributed by atoms with E-state index in [1.54, 1.807) is 30.4 Å². The third-order valence-electron chi connectivity index (χ3n) is 2.93. The van der Waals surface area contributed by atoms with Gasteiger partial charge in [0.15, 0.2) is 0 Å². The average Bonchev–Trinajstić information content (AvgIpc) is 2.74. The zero-order valence-corrected chi connectivity index (χ0v) is 12.4. The van der Waals surface area contributed by atoms with Gasteiger partial charge >= 0.3 is 0 Å². The number of benzene rings is 1. The highest BCUT2D eigenvalue weighted by Crippen LogP contribution is 2.30. The van der Waals surface area contributed by atoms with Crippen LogP contribution in [-0.2, 0) is 6.54 Å². The molecule has 2 aromatic rings. The normalized spacial score (nSPS) is 12.4. The SMILES string of the molecule is CC(O)c1ccc(N(C)Cc2ccc(Cl)s2)cc1O. The van der Waals surface area contributed by atoms with Gasteiger partial charge in [-0.25, -0.2) is 0 Å². The molecule has 0 saturated carbocycles. The van der Waals surface area contributed by atoms with Crippen LogP contribution in [0.4, 0.5) is 5.69 Å². The van der Waals surface area contributed by atoms with Crippen molar-refractivity contribution in [2.75, 3.05) is 11.9 Å². The number of thiophene rings is 1. The van der Waals surface area contributed by atoms with Crippen LogP contribution < -0.4 is 4.90 Å². The molecule has 1 aromatic heterocycles. The zero-order valence-electron chi connectivity index (χ0n) is 10.8. The number of phenols is 1. The second kappa shape index (κ2) is 5.82. The van der Waals surface area contributed by atoms with E-state index in [-0.39, 0.29) is 5.75 Å². The molecule has 2 N–H and O–H groups in total. The molecule has 0 aliphatic rings. The summed E-state index contributed by atoms with van der Waals surface area (Å²) < 4.78 is 0.774. The number of phenolic OH excluding ortho intramolecular Hbond substituents is 1. The summed E-state index contributed by atoms with van der Waals surface area (Å²) in [4.78, 5) is 3.18. The lowest BCUT2D eigenvalue weighted by atomic mass is 10.1. The first-order valence-electron chi connectivity index (χ1n) is 5.93. The third-order valence-corrected chi connectivity index (χ3v) is 4.14. The van der Waals surface area contributed by atoms with E-state index in [0.717, 1.165) is 21.4 Å². The largest absolute Gasteiger partial charge is 0.507 e. The monoisotopic (exact) mass is 297 g/mol. The molecule has 0 fully saturated rings. The van der Waals surface area contributed by atoms with Gasteiger partial charge in [0.25, 0.3) is 0 Å². The molecule has 1 atom stereocenters. The van der Waals surface area contributed by atoms with Gasteiger partial charge in [0.1, 0.15) is 5.75 Å². The topological polar surface area (TPSA) is 43.7 Å². The Morgan fingerprint density at radius 1 is 1.32 bits per heavy atom. The minimum atomic E-state index is -0.671. The maximum atomic E-state index is 9.88. The van der Waals surface area contributed by atoms with E-state index < -0.39 is 6.10 Å². The molecule has 0 aliphatic heterocycles. The van der Waals surface area contributed by atoms with E-state index in [0.29, 0.717) is 5.56 Å². The first-order chi connectivity index (χ1) is 8.97. The van der Waals surface area contributed by atoms with Crippen molar-refractivity contribution in [3.63, 3.8) is 0 Å². The Bertz CT molecular complexity index is 568. The molecule has 0 amide bonds. The van der Waals surface area contributed by atoms with E-state index >= 15 is 0 Å². The van der Waals surface area contributed by atoms with Crippen molar-refractivity contribution in [1.29, 1.82) is 0 Å². The van der Waals surface area contributed by atoms with Gasteiger partial charge in [0, 0.05) is 29.2 Å². The van der Waals surface area contributed by atoms with Crippen molar-refractivity contribution in [3.05, 3.63) is 45.1 Å². The van der Waals surface area contributed by atoms with E-state index in [1.807, 2.05) is 30.1 Å². The molecular weight excluding hydrogens is 282 g/mol. The number of hydrogen-bond acceptors (Lipinski definition) is 4. The number of aliphatic hydroxyl groups excluding tert-OH is 1. The van der Waals surface area contributed by atoms with Crippen LogP contribution in [0.2, 0.25) is 4.34 Å². The molecule has 0 saturated heterocycles. The number of rotatable bonds is 4. The lowest BCUT2D eigenvalue weighted by molar-refractivity contribution is 0.195. The van der Waals surface area contributed by atoms with Gasteiger partial charge < -0.3 is 15.1 Å². The highest BCUT2D eigenvalue weighted by Gasteiger charge is 2.10. The number of halogens is 1. The minimum Gasteiger partial charge on any atom is -0.507 e. The first kappa shape index (κ1) is 14.2. The van der Waals surface area contributed by atoms with Gasteiger partial charge in [-0.15, -0.1) is 11.3 Å². The van der Waals surface area contributed by atoms with Crippen molar-refractivity contribution in [1.82, 2.24) is 0 Å². The Hall–Kier alpha value is -1.23. The molecule has 0 spiro atoms. The highest BCUT2D eigenvalue weighted by molar-refractivity contribution is 7.16. The second-order valence-electron chi connectivity index (χ2n) is 4.48. The fourth-order valence-electron chi connectivity index (χ4n) is 1.88. The van der Waals surface area contributed by atoms with Gasteiger partial charge in [-0.1, -0.05) is 17.7 Å². The fourth-order valence-corrected chi connectivity index (χ4v) is 3.03. The number of aromatic hydroxyl groups is 1. The third kappa shape index (κ3) is 3.41. The van der Waals surface area contributed by atoms with Crippen LogP contribution in [0.25, 0.3) is 0 Å². The van der Waals surface area contributed by atoms with Crippen molar-refractivity contribution in [3.8, 4) is 5.75 Å². The molecule has 1 unspecified atom stereocenters. The molecule has 19 heavy (non-hydrogen) atoms. The molecule has 1 heterocycles. The number of nitrogens with zero attached hydrogens (tertiary/aromatic N) is 1. The van der Waals surface area contributed by atoms with Gasteiger partial charge in [0.2, 0.25) is 0 Å². The molecule has 0 radical (unpaired) electrons. The molecule has 0 aliphatic carbocycles. The van der Waals surface area contributed by atoms with Crippen molar-refractivity contribution in [2.45, 2.75) is 19.6 Å². The van der Waals surface area contributed by atoms with Crippen LogP contribution in [0.1, 0.15) is 23.5 Å². The first-order valence-corrected chi connectivity index (χ1v) is 7.13. The second-order valence-corrected chi connectivity index (χ2v) is 6.28. The quantitative estimate of drug-likeness (QED) is 0.902. The van der Waals surface area contributed by atoms with Crippen molar-refractivity contribution < 1.29 is 10.2 Å². The summed E-state index contributed by atoms with van der Waals surface area (Å²) in [5, 5.41) is 19.4. The Morgan fingerprint density at radius 2 is 2.05 bits per heavy atom. The molecule has 2 rings (SSSR count). The number of aliphatic hydroxyl groups is 1. The fraction of sp³-hybridized carbons (Fsp3) is 0.286. The standard InChI is InChI=1S/C14H16ClNO2S/c1-9(17)12-5-3-10(7-13(12)18)16(2)8-11-4-6-14(15)19-11/h3-7,9,17-18H,8H2,1-2H3. The lowest BCUT2D eigenvalue weighted by Gasteiger charge is -2.20. The van der Waals surface area contributed by atoms with Crippen LogP contribution >= 0.6 is 22.9 Å². The maximum Gasteiger partial charge on any atom is 0.123 e. The number of anilines is 1. The van der Waals surface area contributed by atoms with Crippen LogP contribution in [0.15, 0.2) is 30.3 Å². The summed E-state index contributed by atoms with van der Waals surface area (Å²) in [5.41, 5.74) is 1.43. The molecule has 1 aromatic carbocycles. The maximum absolute atomic E-state index is 9.88. The van der Waals surface area contributed by atoms with Gasteiger partial charge in [-0.05, 0) is 25.1 Å². The van der Waals surface area contributed by atoms with Crippen LogP contribution in [-0.4, -0.2) is 17.3 Å². The smallest absolute Gasteiger partial charge is 0.123 e. The van der Waals surface area contributed by atoms with Crippen molar-refractivity contribution >= 4 is 28.6 Å². The van der Waals surface area contributed by atoms with E-state index in [1.165, 1.54) is 0 Å². The molecule has 3 nitrogen and oxygen atoms in total. The molecule has 5 heteroatoms. The Morgan fingerprint density at radius 3 is 2.58 bits per heavy atom. The average molecular weight is 298 g/mol. The van der Waals surface area contributed by atoms with E-state index in [9.17, 15) is 10.2 Å². The Labute approximate surface area is 121 Å². The predicted molar refractivity (Wildman–Crippen MR) is 80.2 cm³/mol. The van der Waals surface area contributed by atoms with Crippen molar-refractivity contribution in [2.24, 2.45) is 0 Å². The summed E-state index contributed by atoms with van der Waals surface area (Å²) >= 11 is 7.45. The number of hydrogen-bond donors (Lipinski definition) is 2. The zero-order chi connectivity index (χ0) is 14.0. The van der Waals surface area contributed by atoms with Crippen LogP contribution in [0, 0.1) is 0 Å². The molecule has 0 bridgehead atoms. The highest BCUT2D eigenvalue weighted by atomic mass is 35.5. The van der Waals surface area contributed by atoms with E-state index in [4.69, 9.17) is 11.6 Å². The van der Waals surface area contributed by atoms with Gasteiger partial charge in [-0.2, -0.15) is 0 Å². The summed E-state index contributed by atoms with van der Waals surface area (Å²) in [7, 11) is 1.95. The van der Waals surface area contributed by atoms with Crippen LogP contribution in [0.3, 0.4) is 0 Å². The minimum absolute atomic E-state index is 0.114. The molecular formula is C14H16ClNO2S. The molecule has 102 valence electrons. The Kier molecular flexibility index (Phi) is 4.34.